The number of carbonyl (C=O) groups is 1. The predicted molar refractivity (Wildman–Crippen MR) is 161 cm³/mol. The number of para-hydroxylation sites is 3. The molecule has 0 saturated heterocycles. The Morgan fingerprint density at radius 1 is 0.775 bits per heavy atom. The molecule has 4 aromatic carbocycles. The SMILES string of the molecule is CCCCN(CCCC)c1ccc(Nc2ccccc2Cl)c2c1C(=O)OC21c2ccccc2Oc2ccccc21. The highest BCUT2D eigenvalue weighted by Gasteiger charge is 2.56. The first-order chi connectivity index (χ1) is 19.6. The Morgan fingerprint density at radius 3 is 2.00 bits per heavy atom. The topological polar surface area (TPSA) is 50.8 Å². The number of halogens is 1. The van der Waals surface area contributed by atoms with Crippen LogP contribution >= 0.6 is 11.6 Å². The highest BCUT2D eigenvalue weighted by atomic mass is 35.5. The van der Waals surface area contributed by atoms with Crippen molar-refractivity contribution in [2.24, 2.45) is 0 Å². The van der Waals surface area contributed by atoms with Gasteiger partial charge in [-0.3, -0.25) is 0 Å². The summed E-state index contributed by atoms with van der Waals surface area (Å²) in [5, 5.41) is 4.15. The number of unbranched alkanes of at least 4 members (excludes halogenated alkanes) is 2. The molecule has 2 aliphatic rings. The number of benzene rings is 4. The van der Waals surface area contributed by atoms with E-state index in [1.54, 1.807) is 0 Å². The normalized spacial score (nSPS) is 14.1. The second kappa shape index (κ2) is 10.9. The molecule has 6 rings (SSSR count). The molecule has 0 saturated carbocycles. The minimum atomic E-state index is -1.18. The number of hydrogen-bond acceptors (Lipinski definition) is 5. The molecular weight excluding hydrogens is 520 g/mol. The number of ether oxygens (including phenoxy) is 2. The number of fused-ring (bicyclic) bond motifs is 6. The van der Waals surface area contributed by atoms with Gasteiger partial charge in [-0.1, -0.05) is 86.8 Å². The summed E-state index contributed by atoms with van der Waals surface area (Å²) in [6, 6.07) is 27.4. The monoisotopic (exact) mass is 552 g/mol. The van der Waals surface area contributed by atoms with Crippen LogP contribution in [-0.4, -0.2) is 19.1 Å². The van der Waals surface area contributed by atoms with E-state index in [1.165, 1.54) is 0 Å². The fourth-order valence-corrected chi connectivity index (χ4v) is 6.05. The first kappa shape index (κ1) is 26.3. The molecule has 0 bridgehead atoms. The first-order valence-electron chi connectivity index (χ1n) is 14.1. The van der Waals surface area contributed by atoms with Crippen molar-refractivity contribution in [2.75, 3.05) is 23.3 Å². The lowest BCUT2D eigenvalue weighted by Gasteiger charge is -2.37. The number of anilines is 3. The van der Waals surface area contributed by atoms with Crippen LogP contribution < -0.4 is 15.0 Å². The van der Waals surface area contributed by atoms with Crippen LogP contribution in [-0.2, 0) is 10.3 Å². The van der Waals surface area contributed by atoms with Crippen molar-refractivity contribution in [3.63, 3.8) is 0 Å². The number of carbonyl (C=O) groups excluding carboxylic acids is 1. The summed E-state index contributed by atoms with van der Waals surface area (Å²) < 4.78 is 12.9. The third-order valence-electron chi connectivity index (χ3n) is 7.79. The van der Waals surface area contributed by atoms with Gasteiger partial charge >= 0.3 is 5.97 Å². The smallest absolute Gasteiger partial charge is 0.342 e. The maximum Gasteiger partial charge on any atom is 0.342 e. The molecule has 6 heteroatoms. The molecule has 1 spiro atoms. The molecule has 4 aromatic rings. The van der Waals surface area contributed by atoms with E-state index in [1.807, 2.05) is 72.8 Å². The van der Waals surface area contributed by atoms with Gasteiger partial charge in [0.25, 0.3) is 0 Å². The quantitative estimate of drug-likeness (QED) is 0.210. The molecule has 0 fully saturated rings. The molecule has 40 heavy (non-hydrogen) atoms. The summed E-state index contributed by atoms with van der Waals surface area (Å²) in [5.74, 6) is 1.01. The summed E-state index contributed by atoms with van der Waals surface area (Å²) in [6.45, 7) is 6.13. The van der Waals surface area contributed by atoms with E-state index in [2.05, 4.69) is 36.2 Å². The average molecular weight is 553 g/mol. The van der Waals surface area contributed by atoms with E-state index < -0.39 is 5.60 Å². The summed E-state index contributed by atoms with van der Waals surface area (Å²) in [4.78, 5) is 16.5. The van der Waals surface area contributed by atoms with Crippen molar-refractivity contribution in [3.8, 4) is 11.5 Å². The van der Waals surface area contributed by atoms with Gasteiger partial charge in [-0.15, -0.1) is 0 Å². The van der Waals surface area contributed by atoms with E-state index in [-0.39, 0.29) is 5.97 Å². The van der Waals surface area contributed by atoms with E-state index in [0.717, 1.165) is 72.5 Å². The molecule has 2 heterocycles. The van der Waals surface area contributed by atoms with Crippen LogP contribution in [0.4, 0.5) is 17.1 Å². The van der Waals surface area contributed by atoms with Gasteiger partial charge in [0, 0.05) is 35.5 Å². The molecule has 204 valence electrons. The molecular formula is C34H33ClN2O3. The summed E-state index contributed by atoms with van der Waals surface area (Å²) >= 11 is 6.60. The summed E-state index contributed by atoms with van der Waals surface area (Å²) in [5.41, 5.74) is 4.24. The van der Waals surface area contributed by atoms with Gasteiger partial charge in [-0.05, 0) is 49.2 Å². The van der Waals surface area contributed by atoms with E-state index in [9.17, 15) is 4.79 Å². The van der Waals surface area contributed by atoms with Gasteiger partial charge in [0.1, 0.15) is 11.5 Å². The number of nitrogens with one attached hydrogen (secondary N) is 1. The predicted octanol–water partition coefficient (Wildman–Crippen LogP) is 9.06. The largest absolute Gasteiger partial charge is 0.456 e. The zero-order chi connectivity index (χ0) is 27.7. The van der Waals surface area contributed by atoms with Gasteiger partial charge in [0.05, 0.1) is 22.0 Å². The van der Waals surface area contributed by atoms with Crippen molar-refractivity contribution < 1.29 is 14.3 Å². The van der Waals surface area contributed by atoms with Crippen LogP contribution in [0, 0.1) is 0 Å². The van der Waals surface area contributed by atoms with Crippen molar-refractivity contribution in [1.82, 2.24) is 0 Å². The van der Waals surface area contributed by atoms with Crippen LogP contribution in [0.3, 0.4) is 0 Å². The summed E-state index contributed by atoms with van der Waals surface area (Å²) in [7, 11) is 0. The Labute approximate surface area is 240 Å². The number of rotatable bonds is 9. The zero-order valence-electron chi connectivity index (χ0n) is 22.9. The minimum absolute atomic E-state index is 0.336. The lowest BCUT2D eigenvalue weighted by Crippen LogP contribution is -2.33. The average Bonchev–Trinajstić information content (AvgIpc) is 3.28. The lowest BCUT2D eigenvalue weighted by atomic mass is 9.76. The van der Waals surface area contributed by atoms with Crippen LogP contribution in [0.5, 0.6) is 11.5 Å². The highest BCUT2D eigenvalue weighted by molar-refractivity contribution is 6.33. The standard InChI is InChI=1S/C34H33ClN2O3/c1-3-5-21-37(22-6-4-2)28-20-19-27(36-26-16-10-9-15-25(26)35)32-31(28)33(38)40-34(32)23-13-7-11-17-29(23)39-30-18-12-8-14-24(30)34/h7-20,36H,3-6,21-22H2,1-2H3. The van der Waals surface area contributed by atoms with Gasteiger partial charge < -0.3 is 19.7 Å². The first-order valence-corrected chi connectivity index (χ1v) is 14.5. The Hall–Kier alpha value is -3.96. The fourth-order valence-electron chi connectivity index (χ4n) is 5.87. The molecule has 0 unspecified atom stereocenters. The maximum atomic E-state index is 14.2. The van der Waals surface area contributed by atoms with Crippen molar-refractivity contribution in [1.29, 1.82) is 0 Å². The molecule has 0 atom stereocenters. The number of hydrogen-bond donors (Lipinski definition) is 1. The second-order valence-corrected chi connectivity index (χ2v) is 10.8. The van der Waals surface area contributed by atoms with Crippen LogP contribution in [0.25, 0.3) is 0 Å². The van der Waals surface area contributed by atoms with Gasteiger partial charge in [-0.25, -0.2) is 4.79 Å². The van der Waals surface area contributed by atoms with Crippen molar-refractivity contribution in [3.05, 3.63) is 112 Å². The summed E-state index contributed by atoms with van der Waals surface area (Å²) in [6.07, 6.45) is 4.22. The molecule has 1 N–H and O–H groups in total. The Bertz CT molecular complexity index is 1510. The fraction of sp³-hybridized carbons (Fsp3) is 0.265. The highest BCUT2D eigenvalue weighted by Crippen LogP contribution is 2.59. The van der Waals surface area contributed by atoms with Gasteiger partial charge in [-0.2, -0.15) is 0 Å². The van der Waals surface area contributed by atoms with Crippen molar-refractivity contribution >= 4 is 34.6 Å². The number of nitrogens with zero attached hydrogens (tertiary/aromatic N) is 1. The van der Waals surface area contributed by atoms with Crippen LogP contribution in [0.1, 0.15) is 66.6 Å². The Morgan fingerprint density at radius 2 is 1.38 bits per heavy atom. The second-order valence-electron chi connectivity index (χ2n) is 10.3. The van der Waals surface area contributed by atoms with Crippen LogP contribution in [0.2, 0.25) is 5.02 Å². The maximum absolute atomic E-state index is 14.2. The Balaban J connectivity index is 1.65. The van der Waals surface area contributed by atoms with Crippen molar-refractivity contribution in [2.45, 2.75) is 45.1 Å². The zero-order valence-corrected chi connectivity index (χ0v) is 23.6. The lowest BCUT2D eigenvalue weighted by molar-refractivity contribution is 0.0226. The molecule has 0 aromatic heterocycles. The van der Waals surface area contributed by atoms with Gasteiger partial charge in [0.15, 0.2) is 5.60 Å². The number of esters is 1. The van der Waals surface area contributed by atoms with E-state index >= 15 is 0 Å². The van der Waals surface area contributed by atoms with E-state index in [0.29, 0.717) is 22.1 Å². The molecule has 2 aliphatic heterocycles. The third kappa shape index (κ3) is 4.29. The molecule has 5 nitrogen and oxygen atoms in total. The molecule has 0 radical (unpaired) electrons. The van der Waals surface area contributed by atoms with Gasteiger partial charge in [0.2, 0.25) is 0 Å². The molecule has 0 amide bonds. The van der Waals surface area contributed by atoms with Crippen LogP contribution in [0.15, 0.2) is 84.9 Å². The third-order valence-corrected chi connectivity index (χ3v) is 8.11. The Kier molecular flexibility index (Phi) is 7.16. The molecule has 0 aliphatic carbocycles. The minimum Gasteiger partial charge on any atom is -0.456 e. The van der Waals surface area contributed by atoms with E-state index in [4.69, 9.17) is 21.1 Å².